The Morgan fingerprint density at radius 3 is 1.79 bits per heavy atom. The van der Waals surface area contributed by atoms with Gasteiger partial charge in [-0.1, -0.05) is 24.3 Å². The Balaban J connectivity index is 1.68. The molecular formula is C28H25F7N2O4S. The fraction of sp³-hybridized carbons (Fsp3) is 0.321. The maximum atomic E-state index is 14.4. The molecule has 1 heterocycles. The van der Waals surface area contributed by atoms with E-state index in [0.29, 0.717) is 11.1 Å². The van der Waals surface area contributed by atoms with Crippen LogP contribution < -0.4 is 4.31 Å². The van der Waals surface area contributed by atoms with Crippen LogP contribution in [0, 0.1) is 5.82 Å². The van der Waals surface area contributed by atoms with E-state index in [9.17, 15) is 43.9 Å². The number of halogens is 7. The zero-order valence-corrected chi connectivity index (χ0v) is 23.0. The van der Waals surface area contributed by atoms with Gasteiger partial charge in [0.1, 0.15) is 5.82 Å². The molecule has 4 rings (SSSR count). The lowest BCUT2D eigenvalue weighted by molar-refractivity contribution is -0.138. The summed E-state index contributed by atoms with van der Waals surface area (Å²) in [6.45, 7) is 1.54. The zero-order valence-electron chi connectivity index (χ0n) is 22.2. The fourth-order valence-corrected chi connectivity index (χ4v) is 6.04. The highest BCUT2D eigenvalue weighted by Gasteiger charge is 2.42. The van der Waals surface area contributed by atoms with Crippen LogP contribution in [0.1, 0.15) is 45.6 Å². The van der Waals surface area contributed by atoms with Crippen LogP contribution >= 0.6 is 0 Å². The number of nitrogens with zero attached hydrogens (tertiary/aromatic N) is 2. The van der Waals surface area contributed by atoms with E-state index in [4.69, 9.17) is 4.74 Å². The summed E-state index contributed by atoms with van der Waals surface area (Å²) < 4.78 is 125. The molecule has 6 nitrogen and oxygen atoms in total. The molecule has 0 aromatic heterocycles. The summed E-state index contributed by atoms with van der Waals surface area (Å²) in [5.41, 5.74) is -1.49. The monoisotopic (exact) mass is 618 g/mol. The lowest BCUT2D eigenvalue weighted by Gasteiger charge is -2.48. The van der Waals surface area contributed by atoms with Crippen LogP contribution in [0.4, 0.5) is 36.4 Å². The third-order valence-corrected chi connectivity index (χ3v) is 7.92. The number of carbonyl (C=O) groups is 1. The largest absolute Gasteiger partial charge is 0.462 e. The van der Waals surface area contributed by atoms with Crippen LogP contribution in [0.2, 0.25) is 0 Å². The number of likely N-dealkylation sites (tertiary alicyclic amines) is 1. The number of sulfonamides is 1. The number of rotatable bonds is 8. The van der Waals surface area contributed by atoms with Gasteiger partial charge in [-0.25, -0.2) is 17.6 Å². The molecule has 0 unspecified atom stereocenters. The minimum absolute atomic E-state index is 0.00729. The van der Waals surface area contributed by atoms with Gasteiger partial charge in [0.2, 0.25) is 10.0 Å². The van der Waals surface area contributed by atoms with Crippen molar-refractivity contribution in [3.63, 3.8) is 0 Å². The standard InChI is InChI=1S/C28H25F7N2O4S/c1-3-41-26(38)19-12-22(29)14-23(13-19)37(42(2,39)40)24-15-36(16-24)25(17-4-8-20(9-5-17)27(30,31)32)18-6-10-21(11-7-18)28(33,34)35/h4-14,24-25H,3,15-16H2,1-2H3. The second-order valence-electron chi connectivity index (χ2n) is 9.73. The molecule has 0 radical (unpaired) electrons. The summed E-state index contributed by atoms with van der Waals surface area (Å²) in [5, 5.41) is 0. The van der Waals surface area contributed by atoms with Crippen molar-refractivity contribution in [3.05, 3.63) is 100 Å². The summed E-state index contributed by atoms with van der Waals surface area (Å²) in [5.74, 6) is -1.74. The Labute approximate surface area is 237 Å². The second kappa shape index (κ2) is 11.6. The predicted molar refractivity (Wildman–Crippen MR) is 140 cm³/mol. The van der Waals surface area contributed by atoms with Crippen LogP contribution in [0.15, 0.2) is 66.7 Å². The molecule has 0 spiro atoms. The summed E-state index contributed by atoms with van der Waals surface area (Å²) in [6, 6.07) is 9.69. The molecule has 226 valence electrons. The van der Waals surface area contributed by atoms with Crippen LogP contribution in [-0.4, -0.2) is 51.3 Å². The van der Waals surface area contributed by atoms with Gasteiger partial charge in [0.25, 0.3) is 0 Å². The molecule has 1 saturated heterocycles. The van der Waals surface area contributed by atoms with Crippen molar-refractivity contribution in [2.75, 3.05) is 30.3 Å². The molecule has 1 fully saturated rings. The first kappa shape index (κ1) is 31.3. The minimum Gasteiger partial charge on any atom is -0.462 e. The van der Waals surface area contributed by atoms with E-state index >= 15 is 0 Å². The Morgan fingerprint density at radius 2 is 1.38 bits per heavy atom. The lowest BCUT2D eigenvalue weighted by Crippen LogP contribution is -2.61. The third kappa shape index (κ3) is 6.86. The first-order valence-corrected chi connectivity index (χ1v) is 14.4. The zero-order chi connectivity index (χ0) is 31.0. The smallest absolute Gasteiger partial charge is 0.416 e. The van der Waals surface area contributed by atoms with Gasteiger partial charge in [0.15, 0.2) is 0 Å². The summed E-state index contributed by atoms with van der Waals surface area (Å²) in [7, 11) is -4.03. The average molecular weight is 619 g/mol. The number of alkyl halides is 6. The van der Waals surface area contributed by atoms with Crippen molar-refractivity contribution in [1.29, 1.82) is 0 Å². The van der Waals surface area contributed by atoms with Crippen LogP contribution in [0.25, 0.3) is 0 Å². The Morgan fingerprint density at radius 1 is 0.905 bits per heavy atom. The summed E-state index contributed by atoms with van der Waals surface area (Å²) >= 11 is 0. The first-order valence-electron chi connectivity index (χ1n) is 12.5. The third-order valence-electron chi connectivity index (χ3n) is 6.70. The Bertz CT molecular complexity index is 1480. The Hall–Kier alpha value is -3.65. The molecule has 42 heavy (non-hydrogen) atoms. The molecule has 14 heteroatoms. The van der Waals surface area contributed by atoms with Gasteiger partial charge < -0.3 is 4.74 Å². The molecule has 0 N–H and O–H groups in total. The predicted octanol–water partition coefficient (Wildman–Crippen LogP) is 6.28. The number of hydrogen-bond donors (Lipinski definition) is 0. The molecule has 0 atom stereocenters. The van der Waals surface area contributed by atoms with Crippen molar-refractivity contribution in [2.24, 2.45) is 0 Å². The van der Waals surface area contributed by atoms with Crippen LogP contribution in [-0.2, 0) is 27.1 Å². The van der Waals surface area contributed by atoms with Gasteiger partial charge >= 0.3 is 18.3 Å². The second-order valence-corrected chi connectivity index (χ2v) is 11.6. The van der Waals surface area contributed by atoms with Gasteiger partial charge in [-0.2, -0.15) is 26.3 Å². The van der Waals surface area contributed by atoms with E-state index in [-0.39, 0.29) is 30.9 Å². The van der Waals surface area contributed by atoms with E-state index in [1.807, 2.05) is 0 Å². The maximum absolute atomic E-state index is 14.4. The highest BCUT2D eigenvalue weighted by molar-refractivity contribution is 7.92. The molecule has 0 bridgehead atoms. The van der Waals surface area contributed by atoms with Gasteiger partial charge in [0, 0.05) is 13.1 Å². The minimum atomic E-state index is -4.60. The van der Waals surface area contributed by atoms with Gasteiger partial charge in [-0.05, 0) is 60.5 Å². The average Bonchev–Trinajstić information content (AvgIpc) is 2.86. The molecule has 1 aliphatic rings. The quantitative estimate of drug-likeness (QED) is 0.220. The van der Waals surface area contributed by atoms with E-state index in [0.717, 1.165) is 47.0 Å². The topological polar surface area (TPSA) is 66.9 Å². The summed E-state index contributed by atoms with van der Waals surface area (Å²) in [4.78, 5) is 13.9. The number of hydrogen-bond acceptors (Lipinski definition) is 5. The fourth-order valence-electron chi connectivity index (χ4n) is 4.88. The molecule has 0 saturated carbocycles. The molecule has 0 amide bonds. The van der Waals surface area contributed by atoms with Gasteiger partial charge in [-0.3, -0.25) is 9.21 Å². The number of esters is 1. The number of benzene rings is 3. The van der Waals surface area contributed by atoms with E-state index < -0.39 is 57.4 Å². The molecule has 1 aliphatic heterocycles. The van der Waals surface area contributed by atoms with Crippen molar-refractivity contribution in [1.82, 2.24) is 4.90 Å². The van der Waals surface area contributed by atoms with Gasteiger partial charge in [0.05, 0.1) is 47.3 Å². The highest BCUT2D eigenvalue weighted by Crippen LogP contribution is 2.39. The van der Waals surface area contributed by atoms with Crippen LogP contribution in [0.3, 0.4) is 0 Å². The van der Waals surface area contributed by atoms with Crippen LogP contribution in [0.5, 0.6) is 0 Å². The number of anilines is 1. The first-order chi connectivity index (χ1) is 19.5. The van der Waals surface area contributed by atoms with E-state index in [1.54, 1.807) is 11.8 Å². The summed E-state index contributed by atoms with van der Waals surface area (Å²) in [6.07, 6.45) is -8.31. The Kier molecular flexibility index (Phi) is 8.61. The number of carbonyl (C=O) groups excluding carboxylic acids is 1. The molecule has 3 aromatic carbocycles. The van der Waals surface area contributed by atoms with Crippen molar-refractivity contribution < 1.29 is 48.7 Å². The van der Waals surface area contributed by atoms with E-state index in [2.05, 4.69) is 0 Å². The van der Waals surface area contributed by atoms with E-state index in [1.165, 1.54) is 30.3 Å². The van der Waals surface area contributed by atoms with Gasteiger partial charge in [-0.15, -0.1) is 0 Å². The van der Waals surface area contributed by atoms with Crippen molar-refractivity contribution in [2.45, 2.75) is 31.4 Å². The van der Waals surface area contributed by atoms with Crippen molar-refractivity contribution in [3.8, 4) is 0 Å². The molecular weight excluding hydrogens is 593 g/mol. The number of ether oxygens (including phenoxy) is 1. The SMILES string of the molecule is CCOC(=O)c1cc(F)cc(N(C2CN(C(c3ccc(C(F)(F)F)cc3)c3ccc(C(F)(F)F)cc3)C2)S(C)(=O)=O)c1. The molecule has 0 aliphatic carbocycles. The maximum Gasteiger partial charge on any atom is 0.416 e. The normalized spacial score (nSPS) is 15.0. The molecule has 3 aromatic rings. The van der Waals surface area contributed by atoms with Crippen molar-refractivity contribution >= 4 is 21.7 Å². The lowest BCUT2D eigenvalue weighted by atomic mass is 9.91. The highest BCUT2D eigenvalue weighted by atomic mass is 32.2.